The molecule has 2 aromatic rings. The quantitative estimate of drug-likeness (QED) is 0.126. The van der Waals surface area contributed by atoms with E-state index < -0.39 is 16.6 Å². The number of fused-ring (bicyclic) bond motifs is 2. The predicted octanol–water partition coefficient (Wildman–Crippen LogP) is 7.72. The fourth-order valence-corrected chi connectivity index (χ4v) is 15.5. The van der Waals surface area contributed by atoms with Crippen LogP contribution in [0.1, 0.15) is 61.3 Å². The highest BCUT2D eigenvalue weighted by atomic mass is 28.4. The fraction of sp³-hybridized carbons (Fsp3) is 0.486. The van der Waals surface area contributed by atoms with Gasteiger partial charge in [-0.05, 0) is 58.0 Å². The Hall–Kier alpha value is -2.52. The van der Waals surface area contributed by atoms with Crippen LogP contribution in [0, 0.1) is 11.8 Å². The topological polar surface area (TPSA) is 44.8 Å². The zero-order valence-electron chi connectivity index (χ0n) is 27.2. The summed E-state index contributed by atoms with van der Waals surface area (Å²) in [6.45, 7) is 24.9. The predicted molar refractivity (Wildman–Crippen MR) is 182 cm³/mol. The van der Waals surface area contributed by atoms with Crippen LogP contribution >= 0.6 is 0 Å². The number of carbonyl (C=O) groups is 1. The molecule has 43 heavy (non-hydrogen) atoms. The molecule has 0 aromatic heterocycles. The van der Waals surface area contributed by atoms with Crippen LogP contribution in [0.4, 0.5) is 0 Å². The molecular weight excluding hydrogens is 565 g/mol. The molecule has 0 N–H and O–H groups in total. The van der Waals surface area contributed by atoms with E-state index >= 15 is 0 Å². The lowest BCUT2D eigenvalue weighted by Crippen LogP contribution is -2.67. The molecule has 5 rings (SSSR count). The molecule has 1 aliphatic heterocycles. The molecule has 1 saturated carbocycles. The molecule has 3 aliphatic rings. The molecule has 2 fully saturated rings. The Balaban J connectivity index is 1.67. The number of hydrogen-bond acceptors (Lipinski definition) is 4. The Morgan fingerprint density at radius 1 is 0.884 bits per heavy atom. The molecule has 2 aromatic carbocycles. The summed E-state index contributed by atoms with van der Waals surface area (Å²) in [6.07, 6.45) is 0.882. The SMILES string of the molecule is C=C1C[C@@H]2OC(=O)C(=C)[C@H]2[C@@H](O[Si](CC)(CC)CC)C2=C(C)[C@@H](O[Si](c3ccccc3)(c3ccccc3)C(C)(C)C)C[C@@H]12. The summed E-state index contributed by atoms with van der Waals surface area (Å²) in [5.41, 5.74) is 4.17. The van der Waals surface area contributed by atoms with Crippen LogP contribution in [-0.2, 0) is 18.4 Å². The van der Waals surface area contributed by atoms with Gasteiger partial charge in [0.1, 0.15) is 6.10 Å². The van der Waals surface area contributed by atoms with E-state index in [9.17, 15) is 4.79 Å². The highest BCUT2D eigenvalue weighted by Gasteiger charge is 2.56. The van der Waals surface area contributed by atoms with Gasteiger partial charge in [-0.1, -0.05) is 121 Å². The van der Waals surface area contributed by atoms with Gasteiger partial charge in [0, 0.05) is 17.9 Å². The second kappa shape index (κ2) is 12.1. The Kier molecular flexibility index (Phi) is 8.98. The first-order valence-electron chi connectivity index (χ1n) is 16.2. The largest absolute Gasteiger partial charge is 0.458 e. The molecule has 1 heterocycles. The number of rotatable bonds is 9. The highest BCUT2D eigenvalue weighted by molar-refractivity contribution is 6.99. The average Bonchev–Trinajstić information content (AvgIpc) is 3.43. The second-order valence-electron chi connectivity index (χ2n) is 13.8. The smallest absolute Gasteiger partial charge is 0.334 e. The molecule has 4 nitrogen and oxygen atoms in total. The van der Waals surface area contributed by atoms with Crippen molar-refractivity contribution in [1.82, 2.24) is 0 Å². The maximum Gasteiger partial charge on any atom is 0.334 e. The van der Waals surface area contributed by atoms with Crippen LogP contribution < -0.4 is 10.4 Å². The number of hydrogen-bond donors (Lipinski definition) is 0. The molecule has 0 bridgehead atoms. The first-order chi connectivity index (χ1) is 20.4. The third-order valence-electron chi connectivity index (χ3n) is 10.7. The third kappa shape index (κ3) is 5.39. The van der Waals surface area contributed by atoms with Crippen LogP contribution in [0.15, 0.2) is 96.1 Å². The number of esters is 1. The van der Waals surface area contributed by atoms with Gasteiger partial charge in [-0.15, -0.1) is 0 Å². The van der Waals surface area contributed by atoms with Crippen molar-refractivity contribution in [3.05, 3.63) is 96.1 Å². The first-order valence-corrected chi connectivity index (χ1v) is 20.6. The maximum absolute atomic E-state index is 12.9. The van der Waals surface area contributed by atoms with Crippen molar-refractivity contribution in [3.8, 4) is 0 Å². The summed E-state index contributed by atoms with van der Waals surface area (Å²) in [5, 5.41) is 2.43. The van der Waals surface area contributed by atoms with E-state index in [-0.39, 0.29) is 41.2 Å². The number of ether oxygens (including phenoxy) is 1. The van der Waals surface area contributed by atoms with Crippen LogP contribution in [0.25, 0.3) is 0 Å². The van der Waals surface area contributed by atoms with Crippen molar-refractivity contribution in [2.24, 2.45) is 11.8 Å². The molecule has 230 valence electrons. The van der Waals surface area contributed by atoms with Crippen LogP contribution in [0.2, 0.25) is 23.2 Å². The lowest BCUT2D eigenvalue weighted by molar-refractivity contribution is -0.139. The van der Waals surface area contributed by atoms with E-state index in [1.165, 1.54) is 21.5 Å². The zero-order valence-corrected chi connectivity index (χ0v) is 29.2. The monoisotopic (exact) mass is 614 g/mol. The third-order valence-corrected chi connectivity index (χ3v) is 20.4. The average molecular weight is 615 g/mol. The zero-order chi connectivity index (χ0) is 31.2. The van der Waals surface area contributed by atoms with E-state index in [1.54, 1.807) is 0 Å². The summed E-state index contributed by atoms with van der Waals surface area (Å²) in [5.74, 6) is -0.354. The first kappa shape index (κ1) is 31.9. The van der Waals surface area contributed by atoms with Gasteiger partial charge in [0.25, 0.3) is 8.32 Å². The van der Waals surface area contributed by atoms with Gasteiger partial charge >= 0.3 is 5.97 Å². The summed E-state index contributed by atoms with van der Waals surface area (Å²) in [4.78, 5) is 12.9. The minimum absolute atomic E-state index is 0.0852. The standard InChI is InChI=1S/C37H50O4Si2/c1-10-42(11-2,12-3)41-35-33-26(5)31(24-30(33)25(4)23-32-34(35)27(6)36(38)39-32)40-43(37(7,8)9,28-19-15-13-16-20-28)29-21-17-14-18-22-29/h13-22,30-32,34-35H,4,6,10-12,23-24H2,1-3,5,7-9H3/t30-,31-,32-,34+,35-/m0/s1. The summed E-state index contributed by atoms with van der Waals surface area (Å²) in [6, 6.07) is 24.8. The van der Waals surface area contributed by atoms with Gasteiger partial charge in [0.15, 0.2) is 8.32 Å². The van der Waals surface area contributed by atoms with Gasteiger partial charge in [0.2, 0.25) is 0 Å². The van der Waals surface area contributed by atoms with E-state index in [0.717, 1.165) is 30.1 Å². The van der Waals surface area contributed by atoms with Gasteiger partial charge in [-0.3, -0.25) is 0 Å². The molecule has 5 atom stereocenters. The number of benzene rings is 2. The van der Waals surface area contributed by atoms with Gasteiger partial charge in [0.05, 0.1) is 18.1 Å². The van der Waals surface area contributed by atoms with Crippen molar-refractivity contribution in [2.45, 2.75) is 103 Å². The lowest BCUT2D eigenvalue weighted by Gasteiger charge is -2.45. The van der Waals surface area contributed by atoms with Crippen molar-refractivity contribution >= 4 is 33.0 Å². The van der Waals surface area contributed by atoms with E-state index in [4.69, 9.17) is 13.6 Å². The normalized spacial score (nSPS) is 26.3. The van der Waals surface area contributed by atoms with E-state index in [1.807, 2.05) is 0 Å². The van der Waals surface area contributed by atoms with Gasteiger partial charge < -0.3 is 13.6 Å². The minimum Gasteiger partial charge on any atom is -0.458 e. The molecule has 0 radical (unpaired) electrons. The second-order valence-corrected chi connectivity index (χ2v) is 22.8. The van der Waals surface area contributed by atoms with Crippen LogP contribution in [0.5, 0.6) is 0 Å². The molecule has 6 heteroatoms. The Morgan fingerprint density at radius 2 is 1.42 bits per heavy atom. The van der Waals surface area contributed by atoms with E-state index in [2.05, 4.69) is 122 Å². The fourth-order valence-electron chi connectivity index (χ4n) is 8.02. The van der Waals surface area contributed by atoms with Gasteiger partial charge in [-0.25, -0.2) is 4.79 Å². The van der Waals surface area contributed by atoms with E-state index in [0.29, 0.717) is 12.0 Å². The van der Waals surface area contributed by atoms with Crippen molar-refractivity contribution in [3.63, 3.8) is 0 Å². The van der Waals surface area contributed by atoms with Crippen molar-refractivity contribution in [2.75, 3.05) is 0 Å². The van der Waals surface area contributed by atoms with Crippen molar-refractivity contribution in [1.29, 1.82) is 0 Å². The van der Waals surface area contributed by atoms with Crippen molar-refractivity contribution < 1.29 is 18.4 Å². The summed E-state index contributed by atoms with van der Waals surface area (Å²) < 4.78 is 21.0. The van der Waals surface area contributed by atoms with Gasteiger partial charge in [-0.2, -0.15) is 0 Å². The number of carbonyl (C=O) groups excluding carboxylic acids is 1. The Bertz CT molecular complexity index is 1340. The van der Waals surface area contributed by atoms with Crippen LogP contribution in [0.3, 0.4) is 0 Å². The maximum atomic E-state index is 12.9. The lowest BCUT2D eigenvalue weighted by atomic mass is 9.85. The molecule has 0 unspecified atom stereocenters. The van der Waals surface area contributed by atoms with Crippen LogP contribution in [-0.4, -0.2) is 40.9 Å². The molecule has 1 saturated heterocycles. The summed E-state index contributed by atoms with van der Waals surface area (Å²) in [7, 11) is -4.85. The Labute approximate surface area is 261 Å². The summed E-state index contributed by atoms with van der Waals surface area (Å²) >= 11 is 0. The molecule has 2 aliphatic carbocycles. The highest BCUT2D eigenvalue weighted by Crippen LogP contribution is 2.53. The minimum atomic E-state index is -2.79. The molecule has 0 spiro atoms. The molecule has 0 amide bonds. The Morgan fingerprint density at radius 3 is 1.91 bits per heavy atom. The molecular formula is C37H50O4Si2.